The van der Waals surface area contributed by atoms with Crippen LogP contribution < -0.4 is 10.5 Å². The summed E-state index contributed by atoms with van der Waals surface area (Å²) in [6.07, 6.45) is 3.02. The number of anilines is 1. The molecule has 0 spiro atoms. The van der Waals surface area contributed by atoms with Crippen molar-refractivity contribution in [2.24, 2.45) is 0 Å². The van der Waals surface area contributed by atoms with Crippen LogP contribution in [0.1, 0.15) is 28.8 Å². The second-order valence-electron chi connectivity index (χ2n) is 5.06. The van der Waals surface area contributed by atoms with Gasteiger partial charge >= 0.3 is 0 Å². The Labute approximate surface area is 117 Å². The fourth-order valence-electron chi connectivity index (χ4n) is 2.45. The number of hydrogen-bond acceptors (Lipinski definition) is 4. The summed E-state index contributed by atoms with van der Waals surface area (Å²) < 4.78 is 5.78. The Morgan fingerprint density at radius 2 is 2.15 bits per heavy atom. The van der Waals surface area contributed by atoms with E-state index in [0.29, 0.717) is 22.9 Å². The predicted octanol–water partition coefficient (Wildman–Crippen LogP) is 3.12. The van der Waals surface area contributed by atoms with Crippen LogP contribution in [0, 0.1) is 18.3 Å². The van der Waals surface area contributed by atoms with Crippen LogP contribution in [0.3, 0.4) is 0 Å². The highest BCUT2D eigenvalue weighted by Gasteiger charge is 2.18. The number of nitrogen functional groups attached to an aromatic ring is 1. The summed E-state index contributed by atoms with van der Waals surface area (Å²) in [5.41, 5.74) is 10.2. The van der Waals surface area contributed by atoms with Gasteiger partial charge in [0, 0.05) is 5.69 Å². The van der Waals surface area contributed by atoms with Crippen molar-refractivity contribution in [3.8, 4) is 17.7 Å². The SMILES string of the molecule is Cc1ccc(N)c(Oc2nc3c(cc2C#N)CCC3)c1. The van der Waals surface area contributed by atoms with Crippen LogP contribution in [0.15, 0.2) is 24.3 Å². The second kappa shape index (κ2) is 4.86. The molecule has 0 amide bonds. The summed E-state index contributed by atoms with van der Waals surface area (Å²) in [6, 6.07) is 9.61. The van der Waals surface area contributed by atoms with Crippen molar-refractivity contribution in [2.45, 2.75) is 26.2 Å². The average molecular weight is 265 g/mol. The molecule has 0 atom stereocenters. The number of nitrogens with zero attached hydrogens (tertiary/aromatic N) is 2. The summed E-state index contributed by atoms with van der Waals surface area (Å²) >= 11 is 0. The van der Waals surface area contributed by atoms with Gasteiger partial charge in [0.1, 0.15) is 11.6 Å². The largest absolute Gasteiger partial charge is 0.435 e. The average Bonchev–Trinajstić information content (AvgIpc) is 2.89. The quantitative estimate of drug-likeness (QED) is 0.847. The molecule has 1 aliphatic carbocycles. The second-order valence-corrected chi connectivity index (χ2v) is 5.06. The van der Waals surface area contributed by atoms with Crippen molar-refractivity contribution < 1.29 is 4.74 Å². The molecule has 100 valence electrons. The van der Waals surface area contributed by atoms with Gasteiger partial charge in [0.15, 0.2) is 5.75 Å². The van der Waals surface area contributed by atoms with Gasteiger partial charge in [-0.3, -0.25) is 0 Å². The van der Waals surface area contributed by atoms with E-state index in [-0.39, 0.29) is 0 Å². The molecule has 20 heavy (non-hydrogen) atoms. The molecule has 1 heterocycles. The third-order valence-corrected chi connectivity index (χ3v) is 3.51. The van der Waals surface area contributed by atoms with Gasteiger partial charge in [0.05, 0.1) is 5.69 Å². The molecule has 3 rings (SSSR count). The number of fused-ring (bicyclic) bond motifs is 1. The Bertz CT molecular complexity index is 716. The van der Waals surface area contributed by atoms with Gasteiger partial charge in [-0.1, -0.05) is 6.07 Å². The number of pyridine rings is 1. The minimum absolute atomic E-state index is 0.352. The smallest absolute Gasteiger partial charge is 0.237 e. The van der Waals surface area contributed by atoms with Crippen LogP contribution in [-0.2, 0) is 12.8 Å². The van der Waals surface area contributed by atoms with Gasteiger partial charge in [-0.2, -0.15) is 5.26 Å². The molecule has 0 fully saturated rings. The van der Waals surface area contributed by atoms with Crippen LogP contribution in [0.5, 0.6) is 11.6 Å². The van der Waals surface area contributed by atoms with Crippen LogP contribution in [0.25, 0.3) is 0 Å². The number of nitrogens with two attached hydrogens (primary N) is 1. The molecule has 1 aromatic carbocycles. The van der Waals surface area contributed by atoms with Gasteiger partial charge in [0.2, 0.25) is 5.88 Å². The Morgan fingerprint density at radius 3 is 2.95 bits per heavy atom. The number of ether oxygens (including phenoxy) is 1. The molecule has 0 aliphatic heterocycles. The zero-order chi connectivity index (χ0) is 14.1. The van der Waals surface area contributed by atoms with Crippen molar-refractivity contribution in [2.75, 3.05) is 5.73 Å². The maximum atomic E-state index is 9.25. The number of aromatic nitrogens is 1. The molecule has 0 saturated heterocycles. The fraction of sp³-hybridized carbons (Fsp3) is 0.250. The van der Waals surface area contributed by atoms with Crippen LogP contribution in [0.2, 0.25) is 0 Å². The molecule has 0 bridgehead atoms. The molecule has 0 unspecified atom stereocenters. The van der Waals surface area contributed by atoms with Crippen LogP contribution in [-0.4, -0.2) is 4.98 Å². The molecule has 1 aliphatic rings. The number of rotatable bonds is 2. The Morgan fingerprint density at radius 1 is 1.30 bits per heavy atom. The van der Waals surface area contributed by atoms with E-state index in [2.05, 4.69) is 11.1 Å². The van der Waals surface area contributed by atoms with Crippen LogP contribution in [0.4, 0.5) is 5.69 Å². The van der Waals surface area contributed by atoms with Gasteiger partial charge in [0.25, 0.3) is 0 Å². The summed E-state index contributed by atoms with van der Waals surface area (Å²) in [4.78, 5) is 4.49. The van der Waals surface area contributed by atoms with E-state index in [1.807, 2.05) is 25.1 Å². The topological polar surface area (TPSA) is 71.9 Å². The van der Waals surface area contributed by atoms with E-state index in [1.54, 1.807) is 6.07 Å². The zero-order valence-corrected chi connectivity index (χ0v) is 11.3. The van der Waals surface area contributed by atoms with Gasteiger partial charge in [-0.15, -0.1) is 0 Å². The van der Waals surface area contributed by atoms with Gasteiger partial charge in [-0.05, 0) is 55.5 Å². The summed E-state index contributed by atoms with van der Waals surface area (Å²) in [7, 11) is 0. The minimum Gasteiger partial charge on any atom is -0.435 e. The lowest BCUT2D eigenvalue weighted by Crippen LogP contribution is -1.99. The summed E-state index contributed by atoms with van der Waals surface area (Å²) in [5.74, 6) is 0.900. The highest BCUT2D eigenvalue weighted by atomic mass is 16.5. The monoisotopic (exact) mass is 265 g/mol. The standard InChI is InChI=1S/C16H15N3O/c1-10-5-6-13(18)15(7-10)20-16-12(9-17)8-11-3-2-4-14(11)19-16/h5-8H,2-4,18H2,1H3. The molecule has 0 saturated carbocycles. The predicted molar refractivity (Wildman–Crippen MR) is 76.6 cm³/mol. The minimum atomic E-state index is 0.352. The molecule has 1 aromatic heterocycles. The first kappa shape index (κ1) is 12.5. The fourth-order valence-corrected chi connectivity index (χ4v) is 2.45. The number of benzene rings is 1. The van der Waals surface area contributed by atoms with Crippen molar-refractivity contribution in [1.29, 1.82) is 5.26 Å². The lowest BCUT2D eigenvalue weighted by molar-refractivity contribution is 0.461. The van der Waals surface area contributed by atoms with Crippen molar-refractivity contribution in [1.82, 2.24) is 4.98 Å². The lowest BCUT2D eigenvalue weighted by Gasteiger charge is -2.11. The van der Waals surface area contributed by atoms with E-state index in [0.717, 1.165) is 36.1 Å². The number of hydrogen-bond donors (Lipinski definition) is 1. The third kappa shape index (κ3) is 2.19. The normalized spacial score (nSPS) is 12.8. The summed E-state index contributed by atoms with van der Waals surface area (Å²) in [6.45, 7) is 1.97. The highest BCUT2D eigenvalue weighted by molar-refractivity contribution is 5.56. The van der Waals surface area contributed by atoms with Gasteiger partial charge in [-0.25, -0.2) is 4.98 Å². The molecular formula is C16H15N3O. The Hall–Kier alpha value is -2.54. The molecule has 4 heteroatoms. The van der Waals surface area contributed by atoms with E-state index in [4.69, 9.17) is 10.5 Å². The zero-order valence-electron chi connectivity index (χ0n) is 11.3. The van der Waals surface area contributed by atoms with E-state index < -0.39 is 0 Å². The number of nitriles is 1. The van der Waals surface area contributed by atoms with Crippen LogP contribution >= 0.6 is 0 Å². The maximum absolute atomic E-state index is 9.25. The van der Waals surface area contributed by atoms with E-state index in [9.17, 15) is 5.26 Å². The lowest BCUT2D eigenvalue weighted by atomic mass is 10.1. The molecule has 2 aromatic rings. The van der Waals surface area contributed by atoms with E-state index >= 15 is 0 Å². The van der Waals surface area contributed by atoms with Gasteiger partial charge < -0.3 is 10.5 Å². The van der Waals surface area contributed by atoms with Crippen molar-refractivity contribution in [3.63, 3.8) is 0 Å². The first-order valence-corrected chi connectivity index (χ1v) is 6.64. The Kier molecular flexibility index (Phi) is 3.03. The molecule has 2 N–H and O–H groups in total. The third-order valence-electron chi connectivity index (χ3n) is 3.51. The molecule has 4 nitrogen and oxygen atoms in total. The molecule has 0 radical (unpaired) electrons. The highest BCUT2D eigenvalue weighted by Crippen LogP contribution is 2.32. The first-order chi connectivity index (χ1) is 9.67. The Balaban J connectivity index is 2.02. The number of aryl methyl sites for hydroxylation is 3. The van der Waals surface area contributed by atoms with Crippen molar-refractivity contribution in [3.05, 3.63) is 46.6 Å². The first-order valence-electron chi connectivity index (χ1n) is 6.64. The van der Waals surface area contributed by atoms with E-state index in [1.165, 1.54) is 0 Å². The maximum Gasteiger partial charge on any atom is 0.237 e. The van der Waals surface area contributed by atoms with Crippen molar-refractivity contribution >= 4 is 5.69 Å². The summed E-state index contributed by atoms with van der Waals surface area (Å²) in [5, 5.41) is 9.25. The molecular weight excluding hydrogens is 250 g/mol.